The summed E-state index contributed by atoms with van der Waals surface area (Å²) in [7, 11) is 1.60. The number of halogens is 1. The van der Waals surface area contributed by atoms with Gasteiger partial charge in [-0.15, -0.1) is 0 Å². The molecular weight excluding hydrogens is 420 g/mol. The highest BCUT2D eigenvalue weighted by Gasteiger charge is 2.08. The van der Waals surface area contributed by atoms with Crippen molar-refractivity contribution in [2.75, 3.05) is 13.7 Å². The molecule has 0 fully saturated rings. The fraction of sp³-hybridized carbons (Fsp3) is 0.227. The van der Waals surface area contributed by atoms with Crippen LogP contribution in [0, 0.1) is 5.92 Å². The van der Waals surface area contributed by atoms with E-state index in [1.165, 1.54) is 4.68 Å². The molecule has 146 valence electrons. The van der Waals surface area contributed by atoms with Gasteiger partial charge in [-0.3, -0.25) is 9.89 Å². The second kappa shape index (κ2) is 8.52. The van der Waals surface area contributed by atoms with E-state index in [1.807, 2.05) is 42.5 Å². The predicted octanol–water partition coefficient (Wildman–Crippen LogP) is 3.21. The molecule has 3 aromatic rings. The van der Waals surface area contributed by atoms with E-state index in [4.69, 9.17) is 9.47 Å². The molecule has 0 aliphatic rings. The van der Waals surface area contributed by atoms with Crippen LogP contribution < -0.4 is 25.6 Å². The Morgan fingerprint density at radius 2 is 2.00 bits per heavy atom. The fourth-order valence-electron chi connectivity index (χ4n) is 2.76. The largest absolute Gasteiger partial charge is 0.493 e. The lowest BCUT2D eigenvalue weighted by atomic mass is 10.1. The lowest BCUT2D eigenvalue weighted by Gasteiger charge is -2.12. The summed E-state index contributed by atoms with van der Waals surface area (Å²) < 4.78 is 13.6. The van der Waals surface area contributed by atoms with E-state index in [0.29, 0.717) is 34.6 Å². The van der Waals surface area contributed by atoms with E-state index in [0.717, 1.165) is 15.7 Å². The minimum atomic E-state index is -0.165. The molecule has 5 nitrogen and oxygen atoms in total. The van der Waals surface area contributed by atoms with E-state index < -0.39 is 0 Å². The minimum absolute atomic E-state index is 0.165. The average molecular weight is 443 g/mol. The van der Waals surface area contributed by atoms with Crippen molar-refractivity contribution in [2.24, 2.45) is 5.92 Å². The molecule has 3 rings (SSSR count). The Hall–Kier alpha value is -2.73. The first kappa shape index (κ1) is 20.0. The number of nitrogens with one attached hydrogen (secondary N) is 1. The zero-order chi connectivity index (χ0) is 20.3. The van der Waals surface area contributed by atoms with Crippen LogP contribution in [0.5, 0.6) is 11.5 Å². The number of rotatable bonds is 6. The molecule has 0 saturated carbocycles. The van der Waals surface area contributed by atoms with Crippen LogP contribution in [0.4, 0.5) is 0 Å². The van der Waals surface area contributed by atoms with Gasteiger partial charge in [-0.25, -0.2) is 4.68 Å². The third-order valence-electron chi connectivity index (χ3n) is 4.14. The van der Waals surface area contributed by atoms with Gasteiger partial charge in [0.15, 0.2) is 11.5 Å². The molecule has 0 amide bonds. The summed E-state index contributed by atoms with van der Waals surface area (Å²) in [5.41, 5.74) is 1.40. The SMILES string of the molecule is C=c1[nH]n(-c2cccc(Br)c2)c(=O)/c1=C/c1ccc(OCC(C)C)c(OC)c1. The van der Waals surface area contributed by atoms with Gasteiger partial charge < -0.3 is 9.47 Å². The highest BCUT2D eigenvalue weighted by molar-refractivity contribution is 9.10. The van der Waals surface area contributed by atoms with E-state index in [9.17, 15) is 4.79 Å². The number of H-pyrrole nitrogens is 1. The van der Waals surface area contributed by atoms with E-state index in [1.54, 1.807) is 13.2 Å². The Balaban J connectivity index is 2.02. The van der Waals surface area contributed by atoms with E-state index in [-0.39, 0.29) is 5.56 Å². The Morgan fingerprint density at radius 3 is 2.68 bits per heavy atom. The minimum Gasteiger partial charge on any atom is -0.493 e. The molecule has 28 heavy (non-hydrogen) atoms. The lowest BCUT2D eigenvalue weighted by molar-refractivity contribution is 0.257. The van der Waals surface area contributed by atoms with Gasteiger partial charge >= 0.3 is 0 Å². The van der Waals surface area contributed by atoms with Gasteiger partial charge in [-0.2, -0.15) is 0 Å². The topological polar surface area (TPSA) is 56.2 Å². The van der Waals surface area contributed by atoms with Gasteiger partial charge in [0, 0.05) is 4.47 Å². The molecule has 1 N–H and O–H groups in total. The van der Waals surface area contributed by atoms with Crippen LogP contribution in [0.1, 0.15) is 19.4 Å². The molecule has 0 spiro atoms. The molecular formula is C22H23BrN2O3. The average Bonchev–Trinajstić information content (AvgIpc) is 2.95. The Bertz CT molecular complexity index is 1150. The maximum absolute atomic E-state index is 12.9. The summed E-state index contributed by atoms with van der Waals surface area (Å²) in [5.74, 6) is 1.73. The van der Waals surface area contributed by atoms with Crippen LogP contribution >= 0.6 is 15.9 Å². The molecule has 2 aromatic carbocycles. The first-order chi connectivity index (χ1) is 13.4. The summed E-state index contributed by atoms with van der Waals surface area (Å²) in [4.78, 5) is 12.9. The van der Waals surface area contributed by atoms with Crippen LogP contribution in [0.2, 0.25) is 0 Å². The van der Waals surface area contributed by atoms with Crippen molar-refractivity contribution >= 4 is 28.6 Å². The van der Waals surface area contributed by atoms with Crippen LogP contribution in [0.3, 0.4) is 0 Å². The lowest BCUT2D eigenvalue weighted by Crippen LogP contribution is -2.33. The molecule has 0 aliphatic carbocycles. The van der Waals surface area contributed by atoms with Gasteiger partial charge in [-0.05, 0) is 47.9 Å². The van der Waals surface area contributed by atoms with E-state index >= 15 is 0 Å². The molecule has 6 heteroatoms. The van der Waals surface area contributed by atoms with Crippen molar-refractivity contribution < 1.29 is 9.47 Å². The first-order valence-electron chi connectivity index (χ1n) is 8.97. The van der Waals surface area contributed by atoms with Gasteiger partial charge in [0.2, 0.25) is 0 Å². The van der Waals surface area contributed by atoms with Crippen LogP contribution in [-0.2, 0) is 0 Å². The molecule has 0 atom stereocenters. The zero-order valence-corrected chi connectivity index (χ0v) is 17.7. The van der Waals surface area contributed by atoms with Crippen LogP contribution in [0.25, 0.3) is 18.3 Å². The summed E-state index contributed by atoms with van der Waals surface area (Å²) in [6.45, 7) is 8.77. The monoisotopic (exact) mass is 442 g/mol. The maximum Gasteiger partial charge on any atom is 0.279 e. The summed E-state index contributed by atoms with van der Waals surface area (Å²) in [5, 5.41) is 4.08. The number of methoxy groups -OCH3 is 1. The standard InChI is InChI=1S/C22H23BrN2O3/c1-14(2)13-28-20-9-8-16(11-21(20)27-4)10-19-15(3)24-25(22(19)26)18-7-5-6-17(23)12-18/h5-12,14,24H,3,13H2,1-2,4H3/b19-10+. The molecule has 0 aliphatic heterocycles. The van der Waals surface area contributed by atoms with Crippen molar-refractivity contribution in [3.63, 3.8) is 0 Å². The summed E-state index contributed by atoms with van der Waals surface area (Å²) in [6, 6.07) is 13.1. The third-order valence-corrected chi connectivity index (χ3v) is 4.64. The van der Waals surface area contributed by atoms with Crippen molar-refractivity contribution in [3.8, 4) is 17.2 Å². The Kier molecular flexibility index (Phi) is 6.09. The van der Waals surface area contributed by atoms with Crippen molar-refractivity contribution in [1.29, 1.82) is 0 Å². The number of ether oxygens (including phenoxy) is 2. The number of benzene rings is 2. The van der Waals surface area contributed by atoms with Crippen molar-refractivity contribution in [2.45, 2.75) is 13.8 Å². The molecule has 0 bridgehead atoms. The Labute approximate surface area is 172 Å². The number of aromatic amines is 1. The normalized spacial score (nSPS) is 11.8. The quantitative estimate of drug-likeness (QED) is 0.637. The number of hydrogen-bond acceptors (Lipinski definition) is 3. The van der Waals surface area contributed by atoms with Crippen LogP contribution in [0.15, 0.2) is 51.7 Å². The van der Waals surface area contributed by atoms with Gasteiger partial charge in [0.05, 0.1) is 30.0 Å². The van der Waals surface area contributed by atoms with Crippen LogP contribution in [-0.4, -0.2) is 23.5 Å². The summed E-state index contributed by atoms with van der Waals surface area (Å²) in [6.07, 6.45) is 1.80. The van der Waals surface area contributed by atoms with Gasteiger partial charge in [-0.1, -0.05) is 48.5 Å². The number of nitrogens with zero attached hydrogens (tertiary/aromatic N) is 1. The second-order valence-corrected chi connectivity index (χ2v) is 7.80. The van der Waals surface area contributed by atoms with Crippen molar-refractivity contribution in [1.82, 2.24) is 9.78 Å². The fourth-order valence-corrected chi connectivity index (χ4v) is 3.14. The molecule has 0 unspecified atom stereocenters. The predicted molar refractivity (Wildman–Crippen MR) is 116 cm³/mol. The molecule has 0 saturated heterocycles. The second-order valence-electron chi connectivity index (χ2n) is 6.88. The first-order valence-corrected chi connectivity index (χ1v) is 9.77. The van der Waals surface area contributed by atoms with Gasteiger partial charge in [0.1, 0.15) is 0 Å². The van der Waals surface area contributed by atoms with E-state index in [2.05, 4.69) is 41.5 Å². The zero-order valence-electron chi connectivity index (χ0n) is 16.2. The third kappa shape index (κ3) is 4.39. The number of hydrogen-bond donors (Lipinski definition) is 1. The maximum atomic E-state index is 12.9. The molecule has 1 aromatic heterocycles. The highest BCUT2D eigenvalue weighted by atomic mass is 79.9. The smallest absolute Gasteiger partial charge is 0.279 e. The highest BCUT2D eigenvalue weighted by Crippen LogP contribution is 2.28. The number of aromatic nitrogens is 2. The molecule has 0 radical (unpaired) electrons. The molecule has 1 heterocycles. The Morgan fingerprint density at radius 1 is 1.21 bits per heavy atom. The van der Waals surface area contributed by atoms with Gasteiger partial charge in [0.25, 0.3) is 5.56 Å². The van der Waals surface area contributed by atoms with Crippen molar-refractivity contribution in [3.05, 3.63) is 73.4 Å². The summed E-state index contributed by atoms with van der Waals surface area (Å²) >= 11 is 3.43.